The molecule has 1 aliphatic heterocycles. The van der Waals surface area contributed by atoms with Crippen molar-refractivity contribution < 1.29 is 32.7 Å². The van der Waals surface area contributed by atoms with Crippen LogP contribution in [0.5, 0.6) is 11.5 Å². The summed E-state index contributed by atoms with van der Waals surface area (Å²) in [7, 11) is 1.27. The van der Waals surface area contributed by atoms with Gasteiger partial charge in [-0.1, -0.05) is 13.8 Å². The monoisotopic (exact) mass is 417 g/mol. The third-order valence-corrected chi connectivity index (χ3v) is 4.34. The number of nitrogens with zero attached hydrogens (tertiary/aromatic N) is 3. The Morgan fingerprint density at radius 2 is 1.86 bits per heavy atom. The van der Waals surface area contributed by atoms with Crippen molar-refractivity contribution in [2.45, 2.75) is 27.0 Å². The van der Waals surface area contributed by atoms with Crippen LogP contribution >= 0.6 is 0 Å². The molecule has 0 aromatic heterocycles. The van der Waals surface area contributed by atoms with E-state index < -0.39 is 17.3 Å². The molecule has 11 heteroatoms. The van der Waals surface area contributed by atoms with Gasteiger partial charge in [0.1, 0.15) is 0 Å². The van der Waals surface area contributed by atoms with Crippen LogP contribution in [0.3, 0.4) is 0 Å². The van der Waals surface area contributed by atoms with E-state index in [9.17, 15) is 23.7 Å². The maximum Gasteiger partial charge on any atom is 0.409 e. The molecule has 1 aliphatic rings. The number of nitro groups is 1. The fourth-order valence-electron chi connectivity index (χ4n) is 2.89. The van der Waals surface area contributed by atoms with Gasteiger partial charge in [0.05, 0.1) is 24.7 Å². The molecule has 0 spiro atoms. The Kier molecular flexibility index (Phi) is 7.94. The van der Waals surface area contributed by atoms with Crippen LogP contribution in [-0.4, -0.2) is 67.3 Å². The van der Waals surface area contributed by atoms with Crippen molar-refractivity contribution >= 4 is 11.8 Å². The highest BCUT2D eigenvalue weighted by molar-refractivity contribution is 5.67. The van der Waals surface area contributed by atoms with E-state index >= 15 is 0 Å². The molecule has 0 atom stereocenters. The molecule has 1 heterocycles. The molecule has 0 unspecified atom stereocenters. The minimum atomic E-state index is -3.13. The minimum Gasteiger partial charge on any atom is -0.493 e. The number of halogens is 2. The second-order valence-electron chi connectivity index (χ2n) is 7.00. The van der Waals surface area contributed by atoms with Crippen LogP contribution in [0.4, 0.5) is 19.3 Å². The Morgan fingerprint density at radius 3 is 2.38 bits per heavy atom. The first kappa shape index (κ1) is 22.6. The molecular weight excluding hydrogens is 392 g/mol. The summed E-state index contributed by atoms with van der Waals surface area (Å²) in [6.45, 7) is 3.15. The number of rotatable bonds is 8. The maximum atomic E-state index is 12.5. The summed E-state index contributed by atoms with van der Waals surface area (Å²) in [6.07, 6.45) is -0.375. The Hall–Kier alpha value is -2.69. The zero-order chi connectivity index (χ0) is 21.6. The van der Waals surface area contributed by atoms with Gasteiger partial charge >= 0.3 is 12.7 Å². The van der Waals surface area contributed by atoms with Crippen molar-refractivity contribution in [2.75, 3.05) is 39.9 Å². The number of carbonyl (C=O) groups excluding carboxylic acids is 1. The van der Waals surface area contributed by atoms with Gasteiger partial charge in [0.15, 0.2) is 11.5 Å². The third-order valence-electron chi connectivity index (χ3n) is 4.34. The second-order valence-corrected chi connectivity index (χ2v) is 7.00. The molecule has 1 saturated heterocycles. The molecular formula is C18H25F2N3O6. The Morgan fingerprint density at radius 1 is 1.21 bits per heavy atom. The van der Waals surface area contributed by atoms with Gasteiger partial charge in [-0.05, 0) is 12.0 Å². The zero-order valence-corrected chi connectivity index (χ0v) is 16.6. The number of hydrogen-bond donors (Lipinski definition) is 0. The SMILES string of the molecule is COc1cc(CN2CCN(C(=O)OCC(C)C)CC2)c([N+](=O)[O-])cc1OC(F)F. The number of hydrogen-bond acceptors (Lipinski definition) is 7. The number of alkyl halides is 2. The van der Waals surface area contributed by atoms with Gasteiger partial charge in [0.2, 0.25) is 0 Å². The first-order chi connectivity index (χ1) is 13.7. The van der Waals surface area contributed by atoms with Crippen molar-refractivity contribution in [3.63, 3.8) is 0 Å². The predicted molar refractivity (Wildman–Crippen MR) is 99.3 cm³/mol. The summed E-state index contributed by atoms with van der Waals surface area (Å²) in [5.74, 6) is -0.162. The van der Waals surface area contributed by atoms with Gasteiger partial charge in [0.25, 0.3) is 5.69 Å². The second kappa shape index (κ2) is 10.2. The van der Waals surface area contributed by atoms with E-state index in [0.717, 1.165) is 6.07 Å². The van der Waals surface area contributed by atoms with Crippen molar-refractivity contribution in [1.29, 1.82) is 0 Å². The maximum absolute atomic E-state index is 12.5. The fraction of sp³-hybridized carbons (Fsp3) is 0.611. The lowest BCUT2D eigenvalue weighted by Crippen LogP contribution is -2.48. The third kappa shape index (κ3) is 6.41. The molecule has 0 aliphatic carbocycles. The van der Waals surface area contributed by atoms with E-state index in [0.29, 0.717) is 38.3 Å². The molecule has 162 valence electrons. The highest BCUT2D eigenvalue weighted by Crippen LogP contribution is 2.36. The van der Waals surface area contributed by atoms with Crippen LogP contribution in [0.15, 0.2) is 12.1 Å². The molecule has 0 N–H and O–H groups in total. The van der Waals surface area contributed by atoms with E-state index in [4.69, 9.17) is 9.47 Å². The lowest BCUT2D eigenvalue weighted by molar-refractivity contribution is -0.385. The number of methoxy groups -OCH3 is 1. The first-order valence-corrected chi connectivity index (χ1v) is 9.15. The number of piperazine rings is 1. The number of ether oxygens (including phenoxy) is 3. The average molecular weight is 417 g/mol. The van der Waals surface area contributed by atoms with Crippen molar-refractivity contribution in [2.24, 2.45) is 5.92 Å². The van der Waals surface area contributed by atoms with Gasteiger partial charge in [-0.25, -0.2) is 4.79 Å². The fourth-order valence-corrected chi connectivity index (χ4v) is 2.89. The standard InChI is InChI=1S/C18H25F2N3O6/c1-12(2)11-28-18(24)22-6-4-21(5-7-22)10-13-8-15(27-3)16(29-17(19)20)9-14(13)23(25)26/h8-9,12,17H,4-7,10-11H2,1-3H3. The van der Waals surface area contributed by atoms with E-state index in [1.807, 2.05) is 18.7 Å². The summed E-state index contributed by atoms with van der Waals surface area (Å²) >= 11 is 0. The molecule has 1 aromatic carbocycles. The zero-order valence-electron chi connectivity index (χ0n) is 16.6. The van der Waals surface area contributed by atoms with Crippen molar-refractivity contribution in [1.82, 2.24) is 9.80 Å². The molecule has 0 bridgehead atoms. The number of amides is 1. The average Bonchev–Trinajstić information content (AvgIpc) is 2.66. The van der Waals surface area contributed by atoms with Gasteiger partial charge in [0, 0.05) is 38.3 Å². The highest BCUT2D eigenvalue weighted by Gasteiger charge is 2.26. The Bertz CT molecular complexity index is 724. The molecule has 0 saturated carbocycles. The summed E-state index contributed by atoms with van der Waals surface area (Å²) in [6, 6.07) is 2.28. The predicted octanol–water partition coefficient (Wildman–Crippen LogP) is 3.12. The highest BCUT2D eigenvalue weighted by atomic mass is 19.3. The Labute approximate surface area is 167 Å². The largest absolute Gasteiger partial charge is 0.493 e. The number of nitro benzene ring substituents is 1. The molecule has 2 rings (SSSR count). The van der Waals surface area contributed by atoms with Crippen LogP contribution in [-0.2, 0) is 11.3 Å². The molecule has 29 heavy (non-hydrogen) atoms. The van der Waals surface area contributed by atoms with Gasteiger partial charge in [-0.3, -0.25) is 15.0 Å². The van der Waals surface area contributed by atoms with E-state index in [2.05, 4.69) is 4.74 Å². The van der Waals surface area contributed by atoms with Gasteiger partial charge < -0.3 is 19.1 Å². The summed E-state index contributed by atoms with van der Waals surface area (Å²) in [4.78, 5) is 26.3. The van der Waals surface area contributed by atoms with Crippen molar-refractivity contribution in [3.05, 3.63) is 27.8 Å². The van der Waals surface area contributed by atoms with E-state index in [1.165, 1.54) is 13.2 Å². The Balaban J connectivity index is 2.06. The molecule has 1 aromatic rings. The van der Waals surface area contributed by atoms with Crippen LogP contribution in [0, 0.1) is 16.0 Å². The quantitative estimate of drug-likeness (QED) is 0.474. The number of benzene rings is 1. The summed E-state index contributed by atoms with van der Waals surface area (Å²) in [5, 5.41) is 11.4. The van der Waals surface area contributed by atoms with Gasteiger partial charge in [-0.15, -0.1) is 0 Å². The number of carbonyl (C=O) groups is 1. The molecule has 0 radical (unpaired) electrons. The smallest absolute Gasteiger partial charge is 0.409 e. The van der Waals surface area contributed by atoms with Gasteiger partial charge in [-0.2, -0.15) is 8.78 Å². The first-order valence-electron chi connectivity index (χ1n) is 9.15. The lowest BCUT2D eigenvalue weighted by Gasteiger charge is -2.34. The molecule has 1 amide bonds. The molecule has 9 nitrogen and oxygen atoms in total. The normalized spacial score (nSPS) is 14.9. The van der Waals surface area contributed by atoms with Crippen molar-refractivity contribution in [3.8, 4) is 11.5 Å². The summed E-state index contributed by atoms with van der Waals surface area (Å²) in [5.41, 5.74) is -0.0236. The van der Waals surface area contributed by atoms with Crippen LogP contribution in [0.1, 0.15) is 19.4 Å². The van der Waals surface area contributed by atoms with Crippen LogP contribution < -0.4 is 9.47 Å². The van der Waals surface area contributed by atoms with Crippen LogP contribution in [0.25, 0.3) is 0 Å². The summed E-state index contributed by atoms with van der Waals surface area (Å²) < 4.78 is 39.7. The minimum absolute atomic E-state index is 0.0122. The van der Waals surface area contributed by atoms with Crippen LogP contribution in [0.2, 0.25) is 0 Å². The lowest BCUT2D eigenvalue weighted by atomic mass is 10.1. The topological polar surface area (TPSA) is 94.4 Å². The van der Waals surface area contributed by atoms with E-state index in [1.54, 1.807) is 4.90 Å². The molecule has 1 fully saturated rings. The van der Waals surface area contributed by atoms with E-state index in [-0.39, 0.29) is 30.0 Å².